The Kier molecular flexibility index (Phi) is 3.90. The highest BCUT2D eigenvalue weighted by molar-refractivity contribution is 7.94. The molecule has 0 radical (unpaired) electrons. The number of carbonyl (C=O) groups excluding carboxylic acids is 1. The molecule has 1 aliphatic rings. The summed E-state index contributed by atoms with van der Waals surface area (Å²) in [5.41, 5.74) is 0.229. The smallest absolute Gasteiger partial charge is 0.246 e. The van der Waals surface area contributed by atoms with Crippen molar-refractivity contribution in [2.45, 2.75) is 22.5 Å². The van der Waals surface area contributed by atoms with Gasteiger partial charge < -0.3 is 5.32 Å². The number of hydrogen-bond donors (Lipinski definition) is 1. The van der Waals surface area contributed by atoms with Gasteiger partial charge in [-0.3, -0.25) is 4.79 Å². The fourth-order valence-corrected chi connectivity index (χ4v) is 4.39. The van der Waals surface area contributed by atoms with E-state index in [1.807, 2.05) is 0 Å². The molecule has 1 amide bonds. The van der Waals surface area contributed by atoms with Gasteiger partial charge in [0.15, 0.2) is 14.6 Å². The Bertz CT molecular complexity index is 861. The molecule has 2 aromatic rings. The maximum absolute atomic E-state index is 13.2. The zero-order valence-electron chi connectivity index (χ0n) is 11.9. The van der Waals surface area contributed by atoms with Crippen LogP contribution in [-0.2, 0) is 14.6 Å². The molecule has 0 heterocycles. The molecule has 0 unspecified atom stereocenters. The average molecular weight is 354 g/mol. The van der Waals surface area contributed by atoms with Gasteiger partial charge in [0, 0.05) is 10.7 Å². The molecule has 7 heteroatoms. The first-order chi connectivity index (χ1) is 10.8. The van der Waals surface area contributed by atoms with Crippen molar-refractivity contribution >= 4 is 33.0 Å². The molecular weight excluding hydrogens is 341 g/mol. The van der Waals surface area contributed by atoms with Crippen LogP contribution in [0.4, 0.5) is 10.1 Å². The van der Waals surface area contributed by atoms with Crippen LogP contribution in [-0.4, -0.2) is 19.1 Å². The lowest BCUT2D eigenvalue weighted by Crippen LogP contribution is -2.37. The minimum atomic E-state index is -3.84. The molecule has 0 aliphatic heterocycles. The van der Waals surface area contributed by atoms with E-state index in [4.69, 9.17) is 11.6 Å². The van der Waals surface area contributed by atoms with Crippen molar-refractivity contribution in [3.05, 3.63) is 59.4 Å². The number of hydrogen-bond acceptors (Lipinski definition) is 3. The van der Waals surface area contributed by atoms with E-state index in [-0.39, 0.29) is 23.4 Å². The second kappa shape index (κ2) is 5.62. The molecule has 2 aromatic carbocycles. The number of amides is 1. The largest absolute Gasteiger partial charge is 0.325 e. The number of carbonyl (C=O) groups is 1. The van der Waals surface area contributed by atoms with Crippen molar-refractivity contribution < 1.29 is 17.6 Å². The summed E-state index contributed by atoms with van der Waals surface area (Å²) in [7, 11) is -3.84. The van der Waals surface area contributed by atoms with Crippen LogP contribution >= 0.6 is 11.6 Å². The molecule has 120 valence electrons. The van der Waals surface area contributed by atoms with Crippen molar-refractivity contribution in [1.29, 1.82) is 0 Å². The first-order valence-electron chi connectivity index (χ1n) is 6.92. The number of benzene rings is 2. The molecular formula is C16H13ClFNO3S. The lowest BCUT2D eigenvalue weighted by atomic mass is 10.3. The normalized spacial score (nSPS) is 15.9. The SMILES string of the molecule is O=C(Nc1cccc(F)c1)C1(S(=O)(=O)c2ccc(Cl)cc2)CC1. The number of nitrogens with one attached hydrogen (secondary N) is 1. The average Bonchev–Trinajstić information content (AvgIpc) is 3.30. The van der Waals surface area contributed by atoms with E-state index in [2.05, 4.69) is 5.32 Å². The van der Waals surface area contributed by atoms with E-state index in [1.165, 1.54) is 42.5 Å². The van der Waals surface area contributed by atoms with Crippen LogP contribution in [0.25, 0.3) is 0 Å². The van der Waals surface area contributed by atoms with Crippen LogP contribution in [0.2, 0.25) is 5.02 Å². The molecule has 0 saturated heterocycles. The molecule has 0 atom stereocenters. The lowest BCUT2D eigenvalue weighted by Gasteiger charge is -2.16. The van der Waals surface area contributed by atoms with Gasteiger partial charge in [0.2, 0.25) is 5.91 Å². The highest BCUT2D eigenvalue weighted by Gasteiger charge is 2.61. The van der Waals surface area contributed by atoms with E-state index in [9.17, 15) is 17.6 Å². The van der Waals surface area contributed by atoms with Gasteiger partial charge in [-0.2, -0.15) is 0 Å². The van der Waals surface area contributed by atoms with Crippen molar-refractivity contribution in [3.63, 3.8) is 0 Å². The molecule has 1 aliphatic carbocycles. The number of anilines is 1. The monoisotopic (exact) mass is 353 g/mol. The standard InChI is InChI=1S/C16H13ClFNO3S/c17-11-4-6-14(7-5-11)23(21,22)16(8-9-16)15(20)19-13-3-1-2-12(18)10-13/h1-7,10H,8-9H2,(H,19,20). The highest BCUT2D eigenvalue weighted by atomic mass is 35.5. The fraction of sp³-hybridized carbons (Fsp3) is 0.188. The quantitative estimate of drug-likeness (QED) is 0.916. The number of rotatable bonds is 4. The van der Waals surface area contributed by atoms with Gasteiger partial charge >= 0.3 is 0 Å². The Balaban J connectivity index is 1.89. The fourth-order valence-electron chi connectivity index (χ4n) is 2.38. The van der Waals surface area contributed by atoms with Gasteiger partial charge in [0.1, 0.15) is 5.82 Å². The summed E-state index contributed by atoms with van der Waals surface area (Å²) in [6.45, 7) is 0. The molecule has 0 aromatic heterocycles. The van der Waals surface area contributed by atoms with Crippen molar-refractivity contribution in [2.75, 3.05) is 5.32 Å². The topological polar surface area (TPSA) is 63.2 Å². The zero-order valence-corrected chi connectivity index (χ0v) is 13.5. The van der Waals surface area contributed by atoms with Gasteiger partial charge in [-0.15, -0.1) is 0 Å². The molecule has 0 bridgehead atoms. The predicted octanol–water partition coefficient (Wildman–Crippen LogP) is 3.42. The number of halogens is 2. The maximum atomic E-state index is 13.2. The van der Waals surface area contributed by atoms with E-state index < -0.39 is 26.3 Å². The minimum absolute atomic E-state index is 0.0498. The van der Waals surface area contributed by atoms with Gasteiger partial charge in [0.25, 0.3) is 0 Å². The summed E-state index contributed by atoms with van der Waals surface area (Å²) in [6.07, 6.45) is 0.470. The molecule has 4 nitrogen and oxygen atoms in total. The summed E-state index contributed by atoms with van der Waals surface area (Å²) in [5, 5.41) is 2.90. The third-order valence-corrected chi connectivity index (χ3v) is 6.61. The Morgan fingerprint density at radius 2 is 1.78 bits per heavy atom. The molecule has 23 heavy (non-hydrogen) atoms. The van der Waals surface area contributed by atoms with Crippen LogP contribution in [0.15, 0.2) is 53.4 Å². The van der Waals surface area contributed by atoms with Gasteiger partial charge in [-0.1, -0.05) is 17.7 Å². The zero-order chi connectivity index (χ0) is 16.7. The highest BCUT2D eigenvalue weighted by Crippen LogP contribution is 2.47. The summed E-state index contributed by atoms with van der Waals surface area (Å²) >= 11 is 5.77. The molecule has 1 fully saturated rings. The molecule has 0 spiro atoms. The second-order valence-electron chi connectivity index (χ2n) is 5.42. The van der Waals surface area contributed by atoms with Crippen LogP contribution in [0.5, 0.6) is 0 Å². The summed E-state index contributed by atoms with van der Waals surface area (Å²) < 4.78 is 37.2. The Labute approximate surface area is 138 Å². The predicted molar refractivity (Wildman–Crippen MR) is 85.6 cm³/mol. The Morgan fingerprint density at radius 1 is 1.13 bits per heavy atom. The van der Waals surface area contributed by atoms with Crippen LogP contribution in [0, 0.1) is 5.82 Å². The first kappa shape index (κ1) is 16.0. The van der Waals surface area contributed by atoms with Crippen molar-refractivity contribution in [2.24, 2.45) is 0 Å². The Hall–Kier alpha value is -1.92. The van der Waals surface area contributed by atoms with Gasteiger partial charge in [-0.25, -0.2) is 12.8 Å². The van der Waals surface area contributed by atoms with Crippen LogP contribution < -0.4 is 5.32 Å². The number of sulfone groups is 1. The third-order valence-electron chi connectivity index (χ3n) is 3.84. The van der Waals surface area contributed by atoms with Crippen LogP contribution in [0.3, 0.4) is 0 Å². The van der Waals surface area contributed by atoms with E-state index in [1.54, 1.807) is 0 Å². The van der Waals surface area contributed by atoms with E-state index in [0.29, 0.717) is 5.02 Å². The van der Waals surface area contributed by atoms with E-state index in [0.717, 1.165) is 6.07 Å². The third kappa shape index (κ3) is 2.84. The minimum Gasteiger partial charge on any atom is -0.325 e. The summed E-state index contributed by atoms with van der Waals surface area (Å²) in [6, 6.07) is 11.0. The second-order valence-corrected chi connectivity index (χ2v) is 8.11. The molecule has 1 N–H and O–H groups in total. The maximum Gasteiger partial charge on any atom is 0.246 e. The van der Waals surface area contributed by atoms with E-state index >= 15 is 0 Å². The van der Waals surface area contributed by atoms with Crippen molar-refractivity contribution in [3.8, 4) is 0 Å². The first-order valence-corrected chi connectivity index (χ1v) is 8.78. The molecule has 3 rings (SSSR count). The summed E-state index contributed by atoms with van der Waals surface area (Å²) in [4.78, 5) is 12.5. The van der Waals surface area contributed by atoms with Gasteiger partial charge in [-0.05, 0) is 55.3 Å². The summed E-state index contributed by atoms with van der Waals surface area (Å²) in [5.74, 6) is -1.15. The lowest BCUT2D eigenvalue weighted by molar-refractivity contribution is -0.116. The van der Waals surface area contributed by atoms with Crippen LogP contribution in [0.1, 0.15) is 12.8 Å². The van der Waals surface area contributed by atoms with Crippen molar-refractivity contribution in [1.82, 2.24) is 0 Å². The van der Waals surface area contributed by atoms with Gasteiger partial charge in [0.05, 0.1) is 4.90 Å². The molecule has 1 saturated carbocycles. The Morgan fingerprint density at radius 3 is 2.35 bits per heavy atom.